The summed E-state index contributed by atoms with van der Waals surface area (Å²) in [4.78, 5) is 26.0. The molecule has 25 heavy (non-hydrogen) atoms. The van der Waals surface area contributed by atoms with Crippen LogP contribution in [0.25, 0.3) is 0 Å². The summed E-state index contributed by atoms with van der Waals surface area (Å²) in [6.07, 6.45) is 0.334. The fourth-order valence-corrected chi connectivity index (χ4v) is 2.39. The first-order chi connectivity index (χ1) is 11.9. The predicted octanol–water partition coefficient (Wildman–Crippen LogP) is 4.02. The quantitative estimate of drug-likeness (QED) is 0.758. The van der Waals surface area contributed by atoms with Gasteiger partial charge in [-0.3, -0.25) is 9.59 Å². The van der Waals surface area contributed by atoms with Gasteiger partial charge in [-0.25, -0.2) is 0 Å². The number of nitrogens with one attached hydrogen (secondary N) is 1. The van der Waals surface area contributed by atoms with Gasteiger partial charge < -0.3 is 15.0 Å². The van der Waals surface area contributed by atoms with E-state index in [-0.39, 0.29) is 18.3 Å². The Morgan fingerprint density at radius 3 is 2.40 bits per heavy atom. The summed E-state index contributed by atoms with van der Waals surface area (Å²) in [7, 11) is 3.89. The third-order valence-corrected chi connectivity index (χ3v) is 3.82. The molecule has 0 heterocycles. The maximum Gasteiger partial charge on any atom is 0.262 e. The van der Waals surface area contributed by atoms with E-state index in [2.05, 4.69) is 5.32 Å². The first-order valence-corrected chi connectivity index (χ1v) is 8.31. The number of hydrogen-bond acceptors (Lipinski definition) is 4. The number of hydrogen-bond donors (Lipinski definition) is 1. The van der Waals surface area contributed by atoms with Gasteiger partial charge in [-0.05, 0) is 42.5 Å². The maximum absolute atomic E-state index is 12.1. The smallest absolute Gasteiger partial charge is 0.262 e. The van der Waals surface area contributed by atoms with Gasteiger partial charge in [0.2, 0.25) is 0 Å². The van der Waals surface area contributed by atoms with Crippen molar-refractivity contribution in [3.8, 4) is 5.75 Å². The van der Waals surface area contributed by atoms with Gasteiger partial charge in [-0.1, -0.05) is 18.5 Å². The molecule has 0 saturated heterocycles. The first-order valence-electron chi connectivity index (χ1n) is 7.93. The zero-order valence-electron chi connectivity index (χ0n) is 14.5. The van der Waals surface area contributed by atoms with Crippen molar-refractivity contribution in [3.05, 3.63) is 53.1 Å². The standard InChI is InChI=1S/C19H21ClN2O3/c1-4-17(23)16-11-13(20)5-10-18(16)25-12-19(24)21-14-6-8-15(9-7-14)22(2)3/h5-11H,4,12H2,1-3H3,(H,21,24). The van der Waals surface area contributed by atoms with Crippen LogP contribution in [-0.2, 0) is 4.79 Å². The van der Waals surface area contributed by atoms with Crippen LogP contribution in [0.4, 0.5) is 11.4 Å². The molecule has 0 aliphatic carbocycles. The molecular weight excluding hydrogens is 340 g/mol. The molecule has 0 atom stereocenters. The monoisotopic (exact) mass is 360 g/mol. The number of carbonyl (C=O) groups is 2. The van der Waals surface area contributed by atoms with E-state index >= 15 is 0 Å². The number of amides is 1. The maximum atomic E-state index is 12.1. The molecule has 1 N–H and O–H groups in total. The molecule has 0 radical (unpaired) electrons. The number of halogens is 1. The lowest BCUT2D eigenvalue weighted by molar-refractivity contribution is -0.118. The first kappa shape index (κ1) is 18.8. The van der Waals surface area contributed by atoms with Gasteiger partial charge >= 0.3 is 0 Å². The number of Topliss-reactive ketones (excluding diaryl/α,β-unsaturated/α-hetero) is 1. The van der Waals surface area contributed by atoms with E-state index in [9.17, 15) is 9.59 Å². The van der Waals surface area contributed by atoms with E-state index in [1.54, 1.807) is 25.1 Å². The highest BCUT2D eigenvalue weighted by Crippen LogP contribution is 2.24. The Kier molecular flexibility index (Phi) is 6.42. The van der Waals surface area contributed by atoms with Crippen LogP contribution in [-0.4, -0.2) is 32.4 Å². The molecule has 5 nitrogen and oxygen atoms in total. The van der Waals surface area contributed by atoms with E-state index in [4.69, 9.17) is 16.3 Å². The molecule has 132 valence electrons. The molecule has 1 amide bonds. The van der Waals surface area contributed by atoms with Gasteiger partial charge in [-0.15, -0.1) is 0 Å². The summed E-state index contributed by atoms with van der Waals surface area (Å²) < 4.78 is 5.51. The molecule has 0 aliphatic heterocycles. The topological polar surface area (TPSA) is 58.6 Å². The highest BCUT2D eigenvalue weighted by Gasteiger charge is 2.13. The Labute approximate surface area is 152 Å². The molecule has 0 spiro atoms. The van der Waals surface area contributed by atoms with Crippen molar-refractivity contribution in [2.24, 2.45) is 0 Å². The van der Waals surface area contributed by atoms with Gasteiger partial charge in [0.05, 0.1) is 5.56 Å². The molecule has 0 bridgehead atoms. The average Bonchev–Trinajstić information content (AvgIpc) is 2.60. The van der Waals surface area contributed by atoms with Gasteiger partial charge in [0.15, 0.2) is 12.4 Å². The molecule has 0 aliphatic rings. The van der Waals surface area contributed by atoms with Crippen molar-refractivity contribution >= 4 is 34.7 Å². The number of carbonyl (C=O) groups excluding carboxylic acids is 2. The zero-order chi connectivity index (χ0) is 18.4. The second-order valence-electron chi connectivity index (χ2n) is 5.70. The molecule has 6 heteroatoms. The molecule has 2 aromatic carbocycles. The fourth-order valence-electron chi connectivity index (χ4n) is 2.22. The van der Waals surface area contributed by atoms with Gasteiger partial charge in [0, 0.05) is 36.9 Å². The highest BCUT2D eigenvalue weighted by molar-refractivity contribution is 6.31. The average molecular weight is 361 g/mol. The van der Waals surface area contributed by atoms with Crippen molar-refractivity contribution in [3.63, 3.8) is 0 Å². The van der Waals surface area contributed by atoms with E-state index in [1.807, 2.05) is 43.3 Å². The SMILES string of the molecule is CCC(=O)c1cc(Cl)ccc1OCC(=O)Nc1ccc(N(C)C)cc1. The van der Waals surface area contributed by atoms with Gasteiger partial charge in [0.25, 0.3) is 5.91 Å². The summed E-state index contributed by atoms with van der Waals surface area (Å²) in [5, 5.41) is 3.21. The van der Waals surface area contributed by atoms with E-state index < -0.39 is 0 Å². The minimum atomic E-state index is -0.303. The van der Waals surface area contributed by atoms with Crippen molar-refractivity contribution in [2.45, 2.75) is 13.3 Å². The lowest BCUT2D eigenvalue weighted by Crippen LogP contribution is -2.21. The van der Waals surface area contributed by atoms with Crippen LogP contribution in [0.15, 0.2) is 42.5 Å². The Morgan fingerprint density at radius 2 is 1.80 bits per heavy atom. The number of rotatable bonds is 7. The Bertz CT molecular complexity index is 758. The van der Waals surface area contributed by atoms with Crippen molar-refractivity contribution in [1.29, 1.82) is 0 Å². The van der Waals surface area contributed by atoms with Crippen molar-refractivity contribution < 1.29 is 14.3 Å². The number of nitrogens with zero attached hydrogens (tertiary/aromatic N) is 1. The fraction of sp³-hybridized carbons (Fsp3) is 0.263. The van der Waals surface area contributed by atoms with Crippen LogP contribution in [0.1, 0.15) is 23.7 Å². The van der Waals surface area contributed by atoms with E-state index in [1.165, 1.54) is 0 Å². The largest absolute Gasteiger partial charge is 0.483 e. The summed E-state index contributed by atoms with van der Waals surface area (Å²) >= 11 is 5.93. The van der Waals surface area contributed by atoms with Gasteiger partial charge in [0.1, 0.15) is 5.75 Å². The number of anilines is 2. The van der Waals surface area contributed by atoms with E-state index in [0.717, 1.165) is 5.69 Å². The zero-order valence-corrected chi connectivity index (χ0v) is 15.3. The molecule has 0 saturated carbocycles. The normalized spacial score (nSPS) is 10.2. The second kappa shape index (κ2) is 8.53. The van der Waals surface area contributed by atoms with Crippen molar-refractivity contribution in [1.82, 2.24) is 0 Å². The van der Waals surface area contributed by atoms with Gasteiger partial charge in [-0.2, -0.15) is 0 Å². The van der Waals surface area contributed by atoms with Crippen molar-refractivity contribution in [2.75, 3.05) is 30.9 Å². The predicted molar refractivity (Wildman–Crippen MR) is 101 cm³/mol. The Morgan fingerprint density at radius 1 is 1.12 bits per heavy atom. The number of ketones is 1. The van der Waals surface area contributed by atoms with Crippen LogP contribution in [0.3, 0.4) is 0 Å². The summed E-state index contributed by atoms with van der Waals surface area (Å²) in [5.41, 5.74) is 2.11. The lowest BCUT2D eigenvalue weighted by atomic mass is 10.1. The molecule has 2 aromatic rings. The third-order valence-electron chi connectivity index (χ3n) is 3.59. The Balaban J connectivity index is 1.99. The highest BCUT2D eigenvalue weighted by atomic mass is 35.5. The minimum Gasteiger partial charge on any atom is -0.483 e. The third kappa shape index (κ3) is 5.22. The molecular formula is C19H21ClN2O3. The van der Waals surface area contributed by atoms with Crippen LogP contribution in [0.5, 0.6) is 5.75 Å². The summed E-state index contributed by atoms with van der Waals surface area (Å²) in [5.74, 6) is -0.0333. The lowest BCUT2D eigenvalue weighted by Gasteiger charge is -2.13. The molecule has 0 fully saturated rings. The Hall–Kier alpha value is -2.53. The summed E-state index contributed by atoms with van der Waals surface area (Å²) in [6, 6.07) is 12.2. The molecule has 2 rings (SSSR count). The summed E-state index contributed by atoms with van der Waals surface area (Å²) in [6.45, 7) is 1.57. The van der Waals surface area contributed by atoms with Crippen LogP contribution >= 0.6 is 11.6 Å². The second-order valence-corrected chi connectivity index (χ2v) is 6.13. The molecule has 0 unspecified atom stereocenters. The van der Waals surface area contributed by atoms with Crippen LogP contribution in [0, 0.1) is 0 Å². The van der Waals surface area contributed by atoms with E-state index in [0.29, 0.717) is 28.4 Å². The number of ether oxygens (including phenoxy) is 1. The molecule has 0 aromatic heterocycles. The minimum absolute atomic E-state index is 0.0859. The number of benzene rings is 2. The van der Waals surface area contributed by atoms with Crippen LogP contribution in [0.2, 0.25) is 5.02 Å². The van der Waals surface area contributed by atoms with Crippen LogP contribution < -0.4 is 15.0 Å².